The molecule has 1 unspecified atom stereocenters. The average molecular weight is 383 g/mol. The Morgan fingerprint density at radius 2 is 1.74 bits per heavy atom. The molecule has 3 rings (SSSR count). The van der Waals surface area contributed by atoms with Crippen LogP contribution in [0.25, 0.3) is 0 Å². The maximum atomic E-state index is 12.4. The van der Waals surface area contributed by atoms with Gasteiger partial charge in [0.05, 0.1) is 5.25 Å². The zero-order valence-corrected chi connectivity index (χ0v) is 15.7. The van der Waals surface area contributed by atoms with Crippen molar-refractivity contribution in [1.82, 2.24) is 0 Å². The van der Waals surface area contributed by atoms with Gasteiger partial charge in [0.1, 0.15) is 0 Å². The van der Waals surface area contributed by atoms with Crippen LogP contribution < -0.4 is 16.4 Å². The molecule has 140 valence electrons. The topological polar surface area (TPSA) is 101 Å². The SMILES string of the molecule is CC(Sc1cccc(NC(=O)C2CC2)c1)C(=O)Nc1ccc(C(N)=O)cc1. The van der Waals surface area contributed by atoms with Crippen LogP contribution in [-0.2, 0) is 9.59 Å². The zero-order valence-electron chi connectivity index (χ0n) is 14.9. The van der Waals surface area contributed by atoms with Crippen LogP contribution in [0.2, 0.25) is 0 Å². The molecule has 27 heavy (non-hydrogen) atoms. The summed E-state index contributed by atoms with van der Waals surface area (Å²) in [6.07, 6.45) is 1.91. The van der Waals surface area contributed by atoms with E-state index in [1.807, 2.05) is 31.2 Å². The lowest BCUT2D eigenvalue weighted by Crippen LogP contribution is -2.22. The number of hydrogen-bond acceptors (Lipinski definition) is 4. The molecule has 1 aliphatic carbocycles. The number of carbonyl (C=O) groups is 3. The first-order chi connectivity index (χ1) is 12.9. The number of amides is 3. The number of nitrogens with one attached hydrogen (secondary N) is 2. The van der Waals surface area contributed by atoms with Crippen LogP contribution in [0.4, 0.5) is 11.4 Å². The molecule has 0 heterocycles. The van der Waals surface area contributed by atoms with Gasteiger partial charge in [0, 0.05) is 27.8 Å². The Labute approximate surface area is 161 Å². The molecule has 2 aromatic carbocycles. The number of hydrogen-bond donors (Lipinski definition) is 3. The van der Waals surface area contributed by atoms with Crippen molar-refractivity contribution < 1.29 is 14.4 Å². The van der Waals surface area contributed by atoms with Gasteiger partial charge in [-0.15, -0.1) is 11.8 Å². The molecule has 0 aliphatic heterocycles. The largest absolute Gasteiger partial charge is 0.366 e. The Kier molecular flexibility index (Phi) is 5.81. The summed E-state index contributed by atoms with van der Waals surface area (Å²) in [5, 5.41) is 5.39. The van der Waals surface area contributed by atoms with Crippen molar-refractivity contribution >= 4 is 40.9 Å². The highest BCUT2D eigenvalue weighted by Crippen LogP contribution is 2.31. The summed E-state index contributed by atoms with van der Waals surface area (Å²) < 4.78 is 0. The fourth-order valence-electron chi connectivity index (χ4n) is 2.46. The van der Waals surface area contributed by atoms with Gasteiger partial charge in [-0.05, 0) is 62.2 Å². The zero-order chi connectivity index (χ0) is 19.4. The summed E-state index contributed by atoms with van der Waals surface area (Å²) in [5.41, 5.74) is 6.94. The Morgan fingerprint density at radius 1 is 1.04 bits per heavy atom. The van der Waals surface area contributed by atoms with Gasteiger partial charge >= 0.3 is 0 Å². The number of benzene rings is 2. The lowest BCUT2D eigenvalue weighted by molar-refractivity contribution is -0.117. The quantitative estimate of drug-likeness (QED) is 0.639. The Hall–Kier alpha value is -2.80. The summed E-state index contributed by atoms with van der Waals surface area (Å²) in [5.74, 6) is -0.459. The van der Waals surface area contributed by atoms with E-state index in [1.54, 1.807) is 24.3 Å². The van der Waals surface area contributed by atoms with E-state index in [4.69, 9.17) is 5.73 Å². The van der Waals surface area contributed by atoms with Crippen LogP contribution in [-0.4, -0.2) is 23.0 Å². The number of thioether (sulfide) groups is 1. The van der Waals surface area contributed by atoms with Crippen LogP contribution in [0.15, 0.2) is 53.4 Å². The normalized spacial score (nSPS) is 14.3. The lowest BCUT2D eigenvalue weighted by atomic mass is 10.2. The van der Waals surface area contributed by atoms with Crippen molar-refractivity contribution in [3.05, 3.63) is 54.1 Å². The summed E-state index contributed by atoms with van der Waals surface area (Å²) in [6.45, 7) is 1.81. The van der Waals surface area contributed by atoms with Gasteiger partial charge in [-0.25, -0.2) is 0 Å². The first kappa shape index (κ1) is 19.0. The molecular weight excluding hydrogens is 362 g/mol. The molecule has 7 heteroatoms. The second-order valence-corrected chi connectivity index (χ2v) is 7.90. The third-order valence-electron chi connectivity index (χ3n) is 4.17. The maximum absolute atomic E-state index is 12.4. The van der Waals surface area contributed by atoms with Crippen LogP contribution >= 0.6 is 11.8 Å². The molecule has 0 bridgehead atoms. The third kappa shape index (κ3) is 5.34. The van der Waals surface area contributed by atoms with Gasteiger partial charge in [0.2, 0.25) is 17.7 Å². The average Bonchev–Trinajstić information content (AvgIpc) is 3.47. The van der Waals surface area contributed by atoms with Gasteiger partial charge in [-0.1, -0.05) is 6.07 Å². The number of nitrogens with two attached hydrogens (primary N) is 1. The third-order valence-corrected chi connectivity index (χ3v) is 5.26. The molecule has 0 saturated heterocycles. The molecule has 4 N–H and O–H groups in total. The van der Waals surface area contributed by atoms with Gasteiger partial charge in [-0.2, -0.15) is 0 Å². The molecule has 0 radical (unpaired) electrons. The van der Waals surface area contributed by atoms with Crippen LogP contribution in [0.3, 0.4) is 0 Å². The molecule has 6 nitrogen and oxygen atoms in total. The Balaban J connectivity index is 1.57. The maximum Gasteiger partial charge on any atom is 0.248 e. The summed E-state index contributed by atoms with van der Waals surface area (Å²) >= 11 is 1.41. The van der Waals surface area contributed by atoms with Gasteiger partial charge in [0.25, 0.3) is 0 Å². The standard InChI is InChI=1S/C20H21N3O3S/c1-12(19(25)22-15-9-7-13(8-10-15)18(21)24)27-17-4-2-3-16(11-17)23-20(26)14-5-6-14/h2-4,7-12,14H,5-6H2,1H3,(H2,21,24)(H,22,25)(H,23,26). The predicted molar refractivity (Wildman–Crippen MR) is 107 cm³/mol. The minimum absolute atomic E-state index is 0.0577. The number of rotatable bonds is 7. The van der Waals surface area contributed by atoms with Gasteiger partial charge in [0.15, 0.2) is 0 Å². The van der Waals surface area contributed by atoms with Gasteiger partial charge in [-0.3, -0.25) is 14.4 Å². The molecule has 3 amide bonds. The summed E-state index contributed by atoms with van der Waals surface area (Å²) in [6, 6.07) is 13.9. The fourth-order valence-corrected chi connectivity index (χ4v) is 3.38. The van der Waals surface area contributed by atoms with Crippen molar-refractivity contribution in [3.63, 3.8) is 0 Å². The molecule has 1 atom stereocenters. The summed E-state index contributed by atoms with van der Waals surface area (Å²) in [4.78, 5) is 36.3. The highest BCUT2D eigenvalue weighted by atomic mass is 32.2. The summed E-state index contributed by atoms with van der Waals surface area (Å²) in [7, 11) is 0. The predicted octanol–water partition coefficient (Wildman–Crippen LogP) is 3.25. The smallest absolute Gasteiger partial charge is 0.248 e. The molecule has 0 aromatic heterocycles. The van der Waals surface area contributed by atoms with Crippen LogP contribution in [0.5, 0.6) is 0 Å². The first-order valence-electron chi connectivity index (χ1n) is 8.70. The minimum Gasteiger partial charge on any atom is -0.366 e. The Morgan fingerprint density at radius 3 is 2.37 bits per heavy atom. The van der Waals surface area contributed by atoms with Crippen molar-refractivity contribution in [3.8, 4) is 0 Å². The number of anilines is 2. The van der Waals surface area contributed by atoms with E-state index < -0.39 is 5.91 Å². The molecule has 1 fully saturated rings. The van der Waals surface area contributed by atoms with E-state index in [9.17, 15) is 14.4 Å². The minimum atomic E-state index is -0.509. The van der Waals surface area contributed by atoms with E-state index in [2.05, 4.69) is 10.6 Å². The first-order valence-corrected chi connectivity index (χ1v) is 9.58. The van der Waals surface area contributed by atoms with Crippen LogP contribution in [0, 0.1) is 5.92 Å². The second kappa shape index (κ2) is 8.26. The Bertz CT molecular complexity index is 863. The van der Waals surface area contributed by atoms with E-state index in [-0.39, 0.29) is 23.0 Å². The second-order valence-electron chi connectivity index (χ2n) is 6.48. The lowest BCUT2D eigenvalue weighted by Gasteiger charge is -2.13. The van der Waals surface area contributed by atoms with E-state index in [0.717, 1.165) is 23.4 Å². The molecule has 0 spiro atoms. The highest BCUT2D eigenvalue weighted by Gasteiger charge is 2.29. The van der Waals surface area contributed by atoms with Gasteiger partial charge < -0.3 is 16.4 Å². The van der Waals surface area contributed by atoms with Crippen LogP contribution in [0.1, 0.15) is 30.1 Å². The molecule has 1 aliphatic rings. The van der Waals surface area contributed by atoms with Crippen molar-refractivity contribution in [2.75, 3.05) is 10.6 Å². The molecule has 2 aromatic rings. The fraction of sp³-hybridized carbons (Fsp3) is 0.250. The number of primary amides is 1. The van der Waals surface area contributed by atoms with E-state index in [1.165, 1.54) is 11.8 Å². The monoisotopic (exact) mass is 383 g/mol. The van der Waals surface area contributed by atoms with E-state index in [0.29, 0.717) is 11.3 Å². The van der Waals surface area contributed by atoms with Crippen molar-refractivity contribution in [1.29, 1.82) is 0 Å². The molecular formula is C20H21N3O3S. The number of carbonyl (C=O) groups excluding carboxylic acids is 3. The van der Waals surface area contributed by atoms with Crippen molar-refractivity contribution in [2.24, 2.45) is 11.7 Å². The molecule has 1 saturated carbocycles. The highest BCUT2D eigenvalue weighted by molar-refractivity contribution is 8.00. The van der Waals surface area contributed by atoms with E-state index >= 15 is 0 Å². The van der Waals surface area contributed by atoms with Crippen molar-refractivity contribution in [2.45, 2.75) is 29.9 Å².